The van der Waals surface area contributed by atoms with Crippen LogP contribution in [0.1, 0.15) is 64.4 Å². The minimum atomic E-state index is -3.91. The van der Waals surface area contributed by atoms with Crippen LogP contribution in [0.25, 0.3) is 22.2 Å². The van der Waals surface area contributed by atoms with Gasteiger partial charge >= 0.3 is 7.12 Å². The molecule has 0 unspecified atom stereocenters. The summed E-state index contributed by atoms with van der Waals surface area (Å²) in [6.07, 6.45) is 12.3. The number of rotatable bonds is 12. The van der Waals surface area contributed by atoms with Gasteiger partial charge in [0.2, 0.25) is 5.91 Å². The summed E-state index contributed by atoms with van der Waals surface area (Å²) >= 11 is 3.37. The molecule has 8 aromatic rings. The van der Waals surface area contributed by atoms with E-state index in [9.17, 15) is 26.4 Å². The number of carbonyl (C=O) groups is 2. The highest BCUT2D eigenvalue weighted by atomic mass is 79.9. The Bertz CT molecular complexity index is 3570. The van der Waals surface area contributed by atoms with Gasteiger partial charge in [0.05, 0.1) is 48.8 Å². The summed E-state index contributed by atoms with van der Waals surface area (Å²) in [7, 11) is -9.15. The lowest BCUT2D eigenvalue weighted by Crippen LogP contribution is -2.33. The van der Waals surface area contributed by atoms with Gasteiger partial charge in [-0.25, -0.2) is 44.4 Å². The average molecular weight is 1040 g/mol. The Morgan fingerprint density at radius 1 is 0.686 bits per heavy atom. The molecule has 2 saturated carbocycles. The van der Waals surface area contributed by atoms with Crippen LogP contribution in [0.4, 0.5) is 11.6 Å². The highest BCUT2D eigenvalue weighted by molar-refractivity contribution is 9.10. The Kier molecular flexibility index (Phi) is 13.9. The predicted molar refractivity (Wildman–Crippen MR) is 262 cm³/mol. The molecule has 2 aliphatic carbocycles. The molecule has 2 aliphatic rings. The van der Waals surface area contributed by atoms with E-state index in [1.807, 2.05) is 12.1 Å². The summed E-state index contributed by atoms with van der Waals surface area (Å²) in [5.74, 6) is 0.0569. The van der Waals surface area contributed by atoms with Crippen molar-refractivity contribution < 1.29 is 36.5 Å². The summed E-state index contributed by atoms with van der Waals surface area (Å²) in [6, 6.07) is 29.1. The quantitative estimate of drug-likeness (QED) is 0.107. The summed E-state index contributed by atoms with van der Waals surface area (Å²) in [5, 5.41) is 43.8. The molecule has 70 heavy (non-hydrogen) atoms. The highest BCUT2D eigenvalue weighted by Gasteiger charge is 2.40. The van der Waals surface area contributed by atoms with E-state index in [0.29, 0.717) is 44.6 Å². The van der Waals surface area contributed by atoms with Crippen molar-refractivity contribution in [3.05, 3.63) is 161 Å². The monoisotopic (exact) mass is 1040 g/mol. The molecule has 6 heterocycles. The molecular weight excluding hydrogens is 1000 g/mol. The van der Waals surface area contributed by atoms with Gasteiger partial charge in [0.25, 0.3) is 20.0 Å². The molecule has 0 bridgehead atoms. The van der Waals surface area contributed by atoms with Crippen LogP contribution < -0.4 is 19.8 Å². The fraction of sp³-hybridized carbons (Fsp3) is 0.149. The number of nitrogens with two attached hydrogens (primary N) is 1. The third kappa shape index (κ3) is 10.4. The number of nitrogens with zero attached hydrogens (tertiary/aromatic N) is 10. The number of amides is 1. The van der Waals surface area contributed by atoms with Gasteiger partial charge in [-0.15, -0.1) is 0 Å². The maximum absolute atomic E-state index is 13.6. The molecule has 1 amide bonds. The molecule has 6 aromatic heterocycles. The van der Waals surface area contributed by atoms with E-state index < -0.39 is 33.1 Å². The van der Waals surface area contributed by atoms with Crippen LogP contribution in [0.15, 0.2) is 149 Å². The lowest BCUT2D eigenvalue weighted by Gasteiger charge is -2.23. The van der Waals surface area contributed by atoms with Crippen LogP contribution in [0, 0.1) is 22.7 Å². The summed E-state index contributed by atoms with van der Waals surface area (Å²) in [5.41, 5.74) is 10.2. The standard InChI is InChI=1S/C23H18N6O3S.C16H12BrN5O2S.C8H9BO3/c24-12-15-1-8-22(26-13-15)29(18-6-7-18)33(31,32)19-9-10-28-21(11-19)20(14-27-28)16-2-4-17(5-3-16)23(25)30;17-14-10-20-21-6-5-13(7-15(14)21)25(23,24)22(12-2-3-12)16-4-1-11(8-18)9-19-16;1-6(10)7-2-4-8(5-3-7)9(11)12/h1-5,8-11,13-14,18H,6-7H2,(H2,25,30);1,4-7,9-10,12H,2-3H2;2-5,11-12H,1H3. The third-order valence-electron chi connectivity index (χ3n) is 11.1. The molecular formula is C47H39BBrN11O8S2. The molecule has 23 heteroatoms. The number of halogens is 1. The fourth-order valence-electron chi connectivity index (χ4n) is 7.16. The van der Waals surface area contributed by atoms with E-state index in [1.54, 1.807) is 107 Å². The second kappa shape index (κ2) is 20.0. The van der Waals surface area contributed by atoms with Crippen LogP contribution in [0.3, 0.4) is 0 Å². The number of carbonyl (C=O) groups excluding carboxylic acids is 2. The molecule has 0 atom stereocenters. The predicted octanol–water partition coefficient (Wildman–Crippen LogP) is 5.01. The minimum absolute atomic E-state index is 0.0334. The number of primary amides is 1. The molecule has 352 valence electrons. The summed E-state index contributed by atoms with van der Waals surface area (Å²) in [4.78, 5) is 30.8. The molecule has 2 fully saturated rings. The van der Waals surface area contributed by atoms with Crippen molar-refractivity contribution in [2.75, 3.05) is 8.61 Å². The topological polar surface area (TPSA) is 283 Å². The Morgan fingerprint density at radius 3 is 1.59 bits per heavy atom. The lowest BCUT2D eigenvalue weighted by molar-refractivity contribution is 0.0996. The zero-order chi connectivity index (χ0) is 49.9. The van der Waals surface area contributed by atoms with Crippen LogP contribution in [-0.2, 0) is 20.0 Å². The van der Waals surface area contributed by atoms with Crippen LogP contribution >= 0.6 is 15.9 Å². The summed E-state index contributed by atoms with van der Waals surface area (Å²) < 4.78 is 60.3. The zero-order valence-electron chi connectivity index (χ0n) is 36.9. The molecule has 2 aromatic carbocycles. The molecule has 0 radical (unpaired) electrons. The second-order valence-corrected chi connectivity index (χ2v) is 20.5. The number of nitriles is 2. The number of pyridine rings is 4. The van der Waals surface area contributed by atoms with Crippen molar-refractivity contribution in [1.29, 1.82) is 10.5 Å². The normalized spacial score (nSPS) is 13.2. The Morgan fingerprint density at radius 2 is 1.16 bits per heavy atom. The van der Waals surface area contributed by atoms with Crippen molar-refractivity contribution in [1.82, 2.24) is 29.2 Å². The van der Waals surface area contributed by atoms with Crippen LogP contribution in [-0.4, -0.2) is 87.0 Å². The van der Waals surface area contributed by atoms with Gasteiger partial charge < -0.3 is 15.8 Å². The Labute approximate surface area is 410 Å². The Balaban J connectivity index is 0.000000156. The molecule has 19 nitrogen and oxygen atoms in total. The van der Waals surface area contributed by atoms with Crippen LogP contribution in [0.2, 0.25) is 0 Å². The van der Waals surface area contributed by atoms with E-state index in [4.69, 9.17) is 26.3 Å². The SMILES string of the molecule is CC(=O)c1ccc(B(O)O)cc1.N#Cc1ccc(N(C2CC2)S(=O)(=O)c2ccn3ncc(-c4ccc(C(N)=O)cc4)c3c2)nc1.N#Cc1ccc(N(C2CC2)S(=O)(=O)c2ccn3ncc(Br)c3c2)nc1. The Hall–Kier alpha value is -7.80. The number of benzene rings is 2. The number of hydrogen-bond donors (Lipinski definition) is 3. The number of anilines is 2. The average Bonchev–Trinajstić information content (AvgIpc) is 4.31. The second-order valence-electron chi connectivity index (χ2n) is 16.0. The first kappa shape index (κ1) is 48.7. The highest BCUT2D eigenvalue weighted by Crippen LogP contribution is 2.38. The van der Waals surface area contributed by atoms with Gasteiger partial charge in [-0.05, 0) is 120 Å². The molecule has 4 N–H and O–H groups in total. The number of hydrogen-bond acceptors (Lipinski definition) is 14. The van der Waals surface area contributed by atoms with Gasteiger partial charge in [0.15, 0.2) is 5.78 Å². The first-order valence-electron chi connectivity index (χ1n) is 21.3. The molecule has 0 saturated heterocycles. The van der Waals surface area contributed by atoms with Gasteiger partial charge in [-0.2, -0.15) is 20.7 Å². The van der Waals surface area contributed by atoms with E-state index >= 15 is 0 Å². The zero-order valence-corrected chi connectivity index (χ0v) is 40.1. The van der Waals surface area contributed by atoms with Crippen molar-refractivity contribution in [2.24, 2.45) is 5.73 Å². The van der Waals surface area contributed by atoms with E-state index in [2.05, 4.69) is 36.1 Å². The first-order chi connectivity index (χ1) is 33.5. The third-order valence-corrected chi connectivity index (χ3v) is 15.4. The molecule has 0 spiro atoms. The van der Waals surface area contributed by atoms with Gasteiger partial charge in [-0.1, -0.05) is 36.4 Å². The van der Waals surface area contributed by atoms with E-state index in [0.717, 1.165) is 41.3 Å². The van der Waals surface area contributed by atoms with Crippen molar-refractivity contribution in [3.8, 4) is 23.3 Å². The number of ketones is 1. The smallest absolute Gasteiger partial charge is 0.423 e. The van der Waals surface area contributed by atoms with Crippen molar-refractivity contribution >= 4 is 82.9 Å². The van der Waals surface area contributed by atoms with Crippen molar-refractivity contribution in [2.45, 2.75) is 54.5 Å². The van der Waals surface area contributed by atoms with Gasteiger partial charge in [-0.3, -0.25) is 9.59 Å². The van der Waals surface area contributed by atoms with Crippen LogP contribution in [0.5, 0.6) is 0 Å². The van der Waals surface area contributed by atoms with E-state index in [1.165, 1.54) is 52.2 Å². The number of sulfonamides is 2. The minimum Gasteiger partial charge on any atom is -0.423 e. The number of aromatic nitrogens is 6. The molecule has 10 rings (SSSR count). The van der Waals surface area contributed by atoms with Gasteiger partial charge in [0, 0.05) is 53.6 Å². The fourth-order valence-corrected chi connectivity index (χ4v) is 10.9. The maximum atomic E-state index is 13.6. The first-order valence-corrected chi connectivity index (χ1v) is 25.0. The summed E-state index contributed by atoms with van der Waals surface area (Å²) in [6.45, 7) is 1.46. The molecule has 0 aliphatic heterocycles. The van der Waals surface area contributed by atoms with Gasteiger partial charge in [0.1, 0.15) is 23.8 Å². The lowest BCUT2D eigenvalue weighted by atomic mass is 9.80. The largest absolute Gasteiger partial charge is 0.488 e. The van der Waals surface area contributed by atoms with Crippen molar-refractivity contribution in [3.63, 3.8) is 0 Å². The maximum Gasteiger partial charge on any atom is 0.488 e. The number of fused-ring (bicyclic) bond motifs is 2. The van der Waals surface area contributed by atoms with E-state index in [-0.39, 0.29) is 33.5 Å². The number of Topliss-reactive ketones (excluding diaryl/α,β-unsaturated/α-hetero) is 1.